The zero-order valence-electron chi connectivity index (χ0n) is 21.8. The number of amides is 2. The smallest absolute Gasteiger partial charge is 0.335 e. The van der Waals surface area contributed by atoms with E-state index in [1.165, 1.54) is 25.3 Å². The number of imide groups is 1. The minimum atomic E-state index is -1.19. The first-order valence-electron chi connectivity index (χ1n) is 12.4. The monoisotopic (exact) mass is 533 g/mol. The van der Waals surface area contributed by atoms with E-state index >= 15 is 0 Å². The Morgan fingerprint density at radius 2 is 1.55 bits per heavy atom. The number of nitrogens with zero attached hydrogens (tertiary/aromatic N) is 3. The van der Waals surface area contributed by atoms with Crippen molar-refractivity contribution in [2.45, 2.75) is 0 Å². The SMILES string of the molecule is COc1ccc(-c2nc3cc(-c4ccc(N(C)C)cc4)ccc3o2)cc1N1C(=O)c2ccc(C(=O)O)cc2C1=O. The van der Waals surface area contributed by atoms with Crippen LogP contribution in [0.4, 0.5) is 11.4 Å². The van der Waals surface area contributed by atoms with Gasteiger partial charge in [-0.25, -0.2) is 14.7 Å². The third kappa shape index (κ3) is 4.04. The molecule has 0 saturated heterocycles. The second-order valence-corrected chi connectivity index (χ2v) is 9.54. The summed E-state index contributed by atoms with van der Waals surface area (Å²) in [6.45, 7) is 0. The van der Waals surface area contributed by atoms with Crippen molar-refractivity contribution in [3.63, 3.8) is 0 Å². The van der Waals surface area contributed by atoms with E-state index in [4.69, 9.17) is 9.15 Å². The van der Waals surface area contributed by atoms with Crippen LogP contribution in [0.1, 0.15) is 31.1 Å². The predicted octanol–water partition coefficient (Wildman–Crippen LogP) is 5.74. The summed E-state index contributed by atoms with van der Waals surface area (Å²) in [5.74, 6) is -1.80. The molecule has 0 radical (unpaired) electrons. The molecule has 0 aliphatic carbocycles. The summed E-state index contributed by atoms with van der Waals surface area (Å²) in [6, 6.07) is 22.8. The number of fused-ring (bicyclic) bond motifs is 2. The summed E-state index contributed by atoms with van der Waals surface area (Å²) >= 11 is 0. The topological polar surface area (TPSA) is 113 Å². The standard InChI is InChI=1S/C31H23N3O6/c1-33(2)21-9-4-17(5-10-21)18-7-12-26-24(15-18)32-28(40-26)19-8-13-27(39-3)25(16-19)34-29(35)22-11-6-20(31(37)38)14-23(22)30(34)36/h4-16H,1-3H3,(H,37,38). The Morgan fingerprint density at radius 1 is 0.850 bits per heavy atom. The number of aromatic carboxylic acids is 1. The molecule has 9 heteroatoms. The molecule has 1 aliphatic rings. The molecular formula is C31H23N3O6. The lowest BCUT2D eigenvalue weighted by molar-refractivity contribution is 0.0696. The van der Waals surface area contributed by atoms with Crippen LogP contribution >= 0.6 is 0 Å². The molecule has 1 aliphatic heterocycles. The van der Waals surface area contributed by atoms with Gasteiger partial charge in [0, 0.05) is 25.3 Å². The first kappa shape index (κ1) is 24.9. The maximum atomic E-state index is 13.3. The van der Waals surface area contributed by atoms with Crippen molar-refractivity contribution in [2.24, 2.45) is 0 Å². The van der Waals surface area contributed by atoms with Gasteiger partial charge in [-0.15, -0.1) is 0 Å². The number of hydrogen-bond donors (Lipinski definition) is 1. The lowest BCUT2D eigenvalue weighted by Crippen LogP contribution is -2.29. The van der Waals surface area contributed by atoms with E-state index in [9.17, 15) is 19.5 Å². The molecule has 0 bridgehead atoms. The molecule has 40 heavy (non-hydrogen) atoms. The molecule has 1 aromatic heterocycles. The van der Waals surface area contributed by atoms with Crippen molar-refractivity contribution >= 4 is 40.3 Å². The van der Waals surface area contributed by atoms with Crippen LogP contribution in [0.15, 0.2) is 83.3 Å². The fourth-order valence-corrected chi connectivity index (χ4v) is 4.77. The molecule has 1 N–H and O–H groups in total. The van der Waals surface area contributed by atoms with E-state index in [0.29, 0.717) is 22.6 Å². The van der Waals surface area contributed by atoms with Crippen molar-refractivity contribution in [3.05, 3.63) is 95.6 Å². The molecule has 6 rings (SSSR count). The summed E-state index contributed by atoms with van der Waals surface area (Å²) in [5.41, 5.74) is 5.16. The van der Waals surface area contributed by atoms with Gasteiger partial charge in [0.15, 0.2) is 5.58 Å². The minimum absolute atomic E-state index is 0.0189. The summed E-state index contributed by atoms with van der Waals surface area (Å²) in [4.78, 5) is 45.6. The molecule has 5 aromatic rings. The Morgan fingerprint density at radius 3 is 2.25 bits per heavy atom. The second-order valence-electron chi connectivity index (χ2n) is 9.54. The van der Waals surface area contributed by atoms with Crippen LogP contribution in [0.25, 0.3) is 33.7 Å². The third-order valence-electron chi connectivity index (χ3n) is 6.90. The summed E-state index contributed by atoms with van der Waals surface area (Å²) in [6.07, 6.45) is 0. The van der Waals surface area contributed by atoms with E-state index in [1.807, 2.05) is 49.3 Å². The number of oxazole rings is 1. The van der Waals surface area contributed by atoms with Gasteiger partial charge in [-0.2, -0.15) is 0 Å². The van der Waals surface area contributed by atoms with Crippen molar-refractivity contribution in [1.82, 2.24) is 4.98 Å². The van der Waals surface area contributed by atoms with E-state index in [0.717, 1.165) is 21.7 Å². The number of methoxy groups -OCH3 is 1. The zero-order chi connectivity index (χ0) is 28.1. The molecule has 2 heterocycles. The lowest BCUT2D eigenvalue weighted by atomic mass is 10.0. The molecule has 9 nitrogen and oxygen atoms in total. The Balaban J connectivity index is 1.37. The van der Waals surface area contributed by atoms with Crippen LogP contribution in [0.5, 0.6) is 5.75 Å². The third-order valence-corrected chi connectivity index (χ3v) is 6.90. The van der Waals surface area contributed by atoms with Crippen LogP contribution in [-0.2, 0) is 0 Å². The summed E-state index contributed by atoms with van der Waals surface area (Å²) in [7, 11) is 5.42. The molecule has 0 spiro atoms. The Bertz CT molecular complexity index is 1840. The average molecular weight is 534 g/mol. The van der Waals surface area contributed by atoms with Gasteiger partial charge in [0.25, 0.3) is 11.8 Å². The molecular weight excluding hydrogens is 510 g/mol. The highest BCUT2D eigenvalue weighted by atomic mass is 16.5. The number of anilines is 2. The maximum absolute atomic E-state index is 13.3. The average Bonchev–Trinajstić information content (AvgIpc) is 3.50. The second kappa shape index (κ2) is 9.39. The molecule has 198 valence electrons. The van der Waals surface area contributed by atoms with Gasteiger partial charge in [-0.05, 0) is 71.8 Å². The number of ether oxygens (including phenoxy) is 1. The number of benzene rings is 4. The first-order chi connectivity index (χ1) is 19.2. The molecule has 0 unspecified atom stereocenters. The van der Waals surface area contributed by atoms with Gasteiger partial charge in [0.1, 0.15) is 11.3 Å². The van der Waals surface area contributed by atoms with Gasteiger partial charge >= 0.3 is 5.97 Å². The molecule has 4 aromatic carbocycles. The Hall–Kier alpha value is -5.44. The van der Waals surface area contributed by atoms with Crippen LogP contribution in [0.3, 0.4) is 0 Å². The van der Waals surface area contributed by atoms with E-state index in [2.05, 4.69) is 17.1 Å². The number of carboxylic acid groups (broad SMARTS) is 1. The van der Waals surface area contributed by atoms with Gasteiger partial charge in [0.2, 0.25) is 5.89 Å². The molecule has 0 atom stereocenters. The van der Waals surface area contributed by atoms with E-state index < -0.39 is 17.8 Å². The van der Waals surface area contributed by atoms with Crippen LogP contribution in [-0.4, -0.2) is 49.1 Å². The molecule has 0 saturated carbocycles. The van der Waals surface area contributed by atoms with Crippen molar-refractivity contribution in [3.8, 4) is 28.3 Å². The van der Waals surface area contributed by atoms with Crippen molar-refractivity contribution in [1.29, 1.82) is 0 Å². The van der Waals surface area contributed by atoms with Gasteiger partial charge in [-0.3, -0.25) is 9.59 Å². The minimum Gasteiger partial charge on any atom is -0.495 e. The lowest BCUT2D eigenvalue weighted by Gasteiger charge is -2.18. The fraction of sp³-hybridized carbons (Fsp3) is 0.0968. The Labute approximate surface area is 228 Å². The zero-order valence-corrected chi connectivity index (χ0v) is 21.8. The quantitative estimate of drug-likeness (QED) is 0.275. The predicted molar refractivity (Wildman–Crippen MR) is 150 cm³/mol. The molecule has 2 amide bonds. The van der Waals surface area contributed by atoms with Crippen LogP contribution in [0.2, 0.25) is 0 Å². The highest BCUT2D eigenvalue weighted by Crippen LogP contribution is 2.39. The molecule has 0 fully saturated rings. The van der Waals surface area contributed by atoms with E-state index in [-0.39, 0.29) is 28.1 Å². The summed E-state index contributed by atoms with van der Waals surface area (Å²) in [5, 5.41) is 9.32. The largest absolute Gasteiger partial charge is 0.495 e. The van der Waals surface area contributed by atoms with Crippen LogP contribution < -0.4 is 14.5 Å². The highest BCUT2D eigenvalue weighted by molar-refractivity contribution is 6.35. The number of carbonyl (C=O) groups is 3. The number of hydrogen-bond acceptors (Lipinski definition) is 7. The van der Waals surface area contributed by atoms with E-state index in [1.54, 1.807) is 18.2 Å². The summed E-state index contributed by atoms with van der Waals surface area (Å²) < 4.78 is 11.5. The van der Waals surface area contributed by atoms with Gasteiger partial charge in [-0.1, -0.05) is 18.2 Å². The number of rotatable bonds is 6. The first-order valence-corrected chi connectivity index (χ1v) is 12.4. The number of aromatic nitrogens is 1. The van der Waals surface area contributed by atoms with Crippen molar-refractivity contribution in [2.75, 3.05) is 31.0 Å². The van der Waals surface area contributed by atoms with Crippen LogP contribution in [0, 0.1) is 0 Å². The number of carboxylic acids is 1. The number of carbonyl (C=O) groups excluding carboxylic acids is 2. The van der Waals surface area contributed by atoms with Crippen molar-refractivity contribution < 1.29 is 28.6 Å². The Kier molecular flexibility index (Phi) is 5.84. The maximum Gasteiger partial charge on any atom is 0.335 e. The highest BCUT2D eigenvalue weighted by Gasteiger charge is 2.39. The fourth-order valence-electron chi connectivity index (χ4n) is 4.77. The van der Waals surface area contributed by atoms with Gasteiger partial charge in [0.05, 0.1) is 29.5 Å². The normalized spacial score (nSPS) is 12.6. The van der Waals surface area contributed by atoms with Gasteiger partial charge < -0.3 is 19.2 Å².